The van der Waals surface area contributed by atoms with Gasteiger partial charge in [-0.2, -0.15) is 0 Å². The summed E-state index contributed by atoms with van der Waals surface area (Å²) in [5, 5.41) is 3.40. The minimum Gasteiger partial charge on any atom is -0.496 e. The van der Waals surface area contributed by atoms with Crippen molar-refractivity contribution in [3.63, 3.8) is 0 Å². The normalized spacial score (nSPS) is 10.3. The van der Waals surface area contributed by atoms with Gasteiger partial charge in [0, 0.05) is 12.2 Å². The molecule has 0 aromatic heterocycles. The molecular formula is C16H18BrNO. The van der Waals surface area contributed by atoms with Crippen LogP contribution in [0.1, 0.15) is 18.1 Å². The van der Waals surface area contributed by atoms with Crippen LogP contribution in [0.4, 0.5) is 5.69 Å². The highest BCUT2D eigenvalue weighted by atomic mass is 79.9. The van der Waals surface area contributed by atoms with Crippen molar-refractivity contribution in [2.24, 2.45) is 0 Å². The fraction of sp³-hybridized carbons (Fsp3) is 0.250. The van der Waals surface area contributed by atoms with E-state index in [0.717, 1.165) is 28.9 Å². The number of anilines is 1. The first-order valence-electron chi connectivity index (χ1n) is 6.38. The summed E-state index contributed by atoms with van der Waals surface area (Å²) < 4.78 is 6.17. The van der Waals surface area contributed by atoms with Crippen LogP contribution in [0.2, 0.25) is 0 Å². The van der Waals surface area contributed by atoms with Gasteiger partial charge in [-0.25, -0.2) is 0 Å². The number of methoxy groups -OCH3 is 1. The predicted octanol–water partition coefficient (Wildman–Crippen LogP) is 4.63. The average molecular weight is 320 g/mol. The summed E-state index contributed by atoms with van der Waals surface area (Å²) in [6, 6.07) is 14.7. The third-order valence-corrected chi connectivity index (χ3v) is 3.70. The topological polar surface area (TPSA) is 21.3 Å². The second-order valence-corrected chi connectivity index (χ2v) is 5.23. The summed E-state index contributed by atoms with van der Waals surface area (Å²) in [5.74, 6) is 0.845. The molecule has 2 aromatic carbocycles. The first kappa shape index (κ1) is 13.9. The molecular weight excluding hydrogens is 302 g/mol. The fourth-order valence-electron chi connectivity index (χ4n) is 1.87. The number of nitrogens with one attached hydrogen (secondary N) is 1. The Balaban J connectivity index is 1.99. The first-order valence-corrected chi connectivity index (χ1v) is 7.17. The van der Waals surface area contributed by atoms with Gasteiger partial charge in [0.05, 0.1) is 11.6 Å². The molecule has 0 fully saturated rings. The largest absolute Gasteiger partial charge is 0.496 e. The van der Waals surface area contributed by atoms with Gasteiger partial charge in [0.25, 0.3) is 0 Å². The molecule has 2 nitrogen and oxygen atoms in total. The molecule has 0 saturated carbocycles. The van der Waals surface area contributed by atoms with Crippen LogP contribution in [0, 0.1) is 0 Å². The van der Waals surface area contributed by atoms with E-state index in [2.05, 4.69) is 52.4 Å². The Morgan fingerprint density at radius 1 is 1.05 bits per heavy atom. The van der Waals surface area contributed by atoms with Crippen LogP contribution in [0.5, 0.6) is 5.75 Å². The molecule has 19 heavy (non-hydrogen) atoms. The smallest absolute Gasteiger partial charge is 0.133 e. The standard InChI is InChI=1S/C16H18BrNO/c1-3-12-4-6-13(7-5-12)11-18-14-8-9-16(19-2)15(17)10-14/h4-10,18H,3,11H2,1-2H3. The van der Waals surface area contributed by atoms with Crippen molar-refractivity contribution in [3.05, 3.63) is 58.1 Å². The molecule has 100 valence electrons. The molecule has 0 aliphatic rings. The molecule has 0 aliphatic heterocycles. The second kappa shape index (κ2) is 6.62. The van der Waals surface area contributed by atoms with Crippen molar-refractivity contribution in [1.29, 1.82) is 0 Å². The van der Waals surface area contributed by atoms with Crippen LogP contribution in [0.3, 0.4) is 0 Å². The van der Waals surface area contributed by atoms with Crippen molar-refractivity contribution >= 4 is 21.6 Å². The molecule has 0 bridgehead atoms. The third kappa shape index (κ3) is 3.74. The van der Waals surface area contributed by atoms with Gasteiger partial charge < -0.3 is 10.1 Å². The van der Waals surface area contributed by atoms with Gasteiger partial charge in [-0.15, -0.1) is 0 Å². The zero-order valence-electron chi connectivity index (χ0n) is 11.2. The monoisotopic (exact) mass is 319 g/mol. The Hall–Kier alpha value is -1.48. The minimum absolute atomic E-state index is 0.822. The highest BCUT2D eigenvalue weighted by Crippen LogP contribution is 2.27. The van der Waals surface area contributed by atoms with Crippen LogP contribution >= 0.6 is 15.9 Å². The van der Waals surface area contributed by atoms with Crippen molar-refractivity contribution in [2.45, 2.75) is 19.9 Å². The average Bonchev–Trinajstić information content (AvgIpc) is 2.46. The zero-order valence-corrected chi connectivity index (χ0v) is 12.8. The SMILES string of the molecule is CCc1ccc(CNc2ccc(OC)c(Br)c2)cc1. The highest BCUT2D eigenvalue weighted by Gasteiger charge is 2.01. The van der Waals surface area contributed by atoms with E-state index in [1.54, 1.807) is 7.11 Å². The lowest BCUT2D eigenvalue weighted by atomic mass is 10.1. The van der Waals surface area contributed by atoms with E-state index in [1.165, 1.54) is 11.1 Å². The molecule has 0 atom stereocenters. The summed E-state index contributed by atoms with van der Waals surface area (Å²) in [5.41, 5.74) is 3.73. The molecule has 2 rings (SSSR count). The fourth-order valence-corrected chi connectivity index (χ4v) is 2.41. The Morgan fingerprint density at radius 2 is 1.74 bits per heavy atom. The first-order chi connectivity index (χ1) is 9.22. The van der Waals surface area contributed by atoms with E-state index >= 15 is 0 Å². The number of hydrogen-bond donors (Lipinski definition) is 1. The zero-order chi connectivity index (χ0) is 13.7. The van der Waals surface area contributed by atoms with Crippen LogP contribution in [-0.4, -0.2) is 7.11 Å². The summed E-state index contributed by atoms with van der Waals surface area (Å²) in [4.78, 5) is 0. The van der Waals surface area contributed by atoms with Crippen molar-refractivity contribution in [2.75, 3.05) is 12.4 Å². The van der Waals surface area contributed by atoms with E-state index < -0.39 is 0 Å². The molecule has 0 spiro atoms. The maximum atomic E-state index is 5.21. The van der Waals surface area contributed by atoms with Gasteiger partial charge in [0.1, 0.15) is 5.75 Å². The van der Waals surface area contributed by atoms with Crippen molar-refractivity contribution in [3.8, 4) is 5.75 Å². The minimum atomic E-state index is 0.822. The van der Waals surface area contributed by atoms with E-state index in [0.29, 0.717) is 0 Å². The number of ether oxygens (including phenoxy) is 1. The second-order valence-electron chi connectivity index (χ2n) is 4.37. The lowest BCUT2D eigenvalue weighted by Crippen LogP contribution is -1.99. The number of aryl methyl sites for hydroxylation is 1. The number of benzene rings is 2. The van der Waals surface area contributed by atoms with Gasteiger partial charge in [-0.1, -0.05) is 31.2 Å². The van der Waals surface area contributed by atoms with E-state index in [9.17, 15) is 0 Å². The van der Waals surface area contributed by atoms with Gasteiger partial charge in [0.2, 0.25) is 0 Å². The summed E-state index contributed by atoms with van der Waals surface area (Å²) in [6.45, 7) is 2.99. The van der Waals surface area contributed by atoms with Crippen molar-refractivity contribution in [1.82, 2.24) is 0 Å². The Bertz CT molecular complexity index is 537. The van der Waals surface area contributed by atoms with Crippen LogP contribution in [0.25, 0.3) is 0 Å². The summed E-state index contributed by atoms with van der Waals surface area (Å²) in [6.07, 6.45) is 1.08. The molecule has 0 saturated heterocycles. The molecule has 3 heteroatoms. The lowest BCUT2D eigenvalue weighted by molar-refractivity contribution is 0.412. The highest BCUT2D eigenvalue weighted by molar-refractivity contribution is 9.10. The van der Waals surface area contributed by atoms with E-state index in [-0.39, 0.29) is 0 Å². The molecule has 0 unspecified atom stereocenters. The molecule has 2 aromatic rings. The number of rotatable bonds is 5. The molecule has 0 heterocycles. The molecule has 1 N–H and O–H groups in total. The number of halogens is 1. The van der Waals surface area contributed by atoms with E-state index in [1.807, 2.05) is 18.2 Å². The summed E-state index contributed by atoms with van der Waals surface area (Å²) >= 11 is 3.49. The predicted molar refractivity (Wildman–Crippen MR) is 83.8 cm³/mol. The van der Waals surface area contributed by atoms with E-state index in [4.69, 9.17) is 4.74 Å². The van der Waals surface area contributed by atoms with Gasteiger partial charge >= 0.3 is 0 Å². The number of hydrogen-bond acceptors (Lipinski definition) is 2. The lowest BCUT2D eigenvalue weighted by Gasteiger charge is -2.09. The van der Waals surface area contributed by atoms with Gasteiger partial charge in [-0.3, -0.25) is 0 Å². The van der Waals surface area contributed by atoms with Crippen molar-refractivity contribution < 1.29 is 4.74 Å². The maximum Gasteiger partial charge on any atom is 0.133 e. The van der Waals surface area contributed by atoms with Crippen LogP contribution in [-0.2, 0) is 13.0 Å². The summed E-state index contributed by atoms with van der Waals surface area (Å²) in [7, 11) is 1.67. The third-order valence-electron chi connectivity index (χ3n) is 3.08. The molecule has 0 aliphatic carbocycles. The van der Waals surface area contributed by atoms with Crippen LogP contribution in [0.15, 0.2) is 46.9 Å². The van der Waals surface area contributed by atoms with Gasteiger partial charge in [-0.05, 0) is 51.7 Å². The Labute approximate surface area is 122 Å². The van der Waals surface area contributed by atoms with Gasteiger partial charge in [0.15, 0.2) is 0 Å². The Kier molecular flexibility index (Phi) is 4.86. The molecule has 0 amide bonds. The van der Waals surface area contributed by atoms with Crippen LogP contribution < -0.4 is 10.1 Å². The maximum absolute atomic E-state index is 5.21. The quantitative estimate of drug-likeness (QED) is 0.867. The Morgan fingerprint density at radius 3 is 2.32 bits per heavy atom. The molecule has 0 radical (unpaired) electrons.